The lowest BCUT2D eigenvalue weighted by atomic mass is 9.51. The minimum Gasteiger partial charge on any atom is -0.508 e. The Morgan fingerprint density at radius 3 is 2.52 bits per heavy atom. The molecule has 2 aromatic rings. The Labute approximate surface area is 171 Å². The number of amides is 1. The largest absolute Gasteiger partial charge is 0.508 e. The number of benzene rings is 2. The number of carbonyl (C=O) groups excluding carboxylic acids is 2. The molecule has 4 rings (SSSR count). The van der Waals surface area contributed by atoms with Crippen LogP contribution in [0.3, 0.4) is 0 Å². The van der Waals surface area contributed by atoms with Gasteiger partial charge in [-0.25, -0.2) is 4.79 Å². The van der Waals surface area contributed by atoms with Gasteiger partial charge in [0.2, 0.25) is 0 Å². The number of rotatable bonds is 2. The van der Waals surface area contributed by atoms with Crippen molar-refractivity contribution >= 4 is 11.9 Å². The summed E-state index contributed by atoms with van der Waals surface area (Å²) in [7, 11) is 1.33. The zero-order valence-electron chi connectivity index (χ0n) is 17.4. The van der Waals surface area contributed by atoms with Crippen molar-refractivity contribution in [3.63, 3.8) is 0 Å². The first kappa shape index (κ1) is 19.5. The van der Waals surface area contributed by atoms with E-state index >= 15 is 0 Å². The molecule has 2 atom stereocenters. The number of fused-ring (bicyclic) bond motifs is 4. The van der Waals surface area contributed by atoms with Crippen molar-refractivity contribution in [3.05, 3.63) is 64.7 Å². The highest BCUT2D eigenvalue weighted by molar-refractivity contribution is 5.98. The van der Waals surface area contributed by atoms with Gasteiger partial charge in [0.05, 0.1) is 12.7 Å². The van der Waals surface area contributed by atoms with E-state index in [0.29, 0.717) is 29.8 Å². The van der Waals surface area contributed by atoms with E-state index in [2.05, 4.69) is 26.8 Å². The van der Waals surface area contributed by atoms with Gasteiger partial charge in [0, 0.05) is 23.6 Å². The molecule has 1 N–H and O–H groups in total. The molecule has 1 amide bonds. The molecule has 5 heteroatoms. The summed E-state index contributed by atoms with van der Waals surface area (Å²) in [5.74, 6) is -0.242. The Bertz CT molecular complexity index is 996. The van der Waals surface area contributed by atoms with Gasteiger partial charge in [0.1, 0.15) is 5.75 Å². The van der Waals surface area contributed by atoms with Gasteiger partial charge in [0.15, 0.2) is 0 Å². The van der Waals surface area contributed by atoms with Crippen LogP contribution in [0.25, 0.3) is 0 Å². The summed E-state index contributed by atoms with van der Waals surface area (Å²) < 4.78 is 4.79. The summed E-state index contributed by atoms with van der Waals surface area (Å²) >= 11 is 0. The Kier molecular flexibility index (Phi) is 4.45. The van der Waals surface area contributed by atoms with E-state index in [1.165, 1.54) is 12.7 Å². The Hall–Kier alpha value is -2.82. The van der Waals surface area contributed by atoms with Crippen molar-refractivity contribution in [2.75, 3.05) is 13.7 Å². The lowest BCUT2D eigenvalue weighted by molar-refractivity contribution is -0.0266. The van der Waals surface area contributed by atoms with Crippen LogP contribution in [0, 0.1) is 5.41 Å². The fraction of sp³-hybridized carbons (Fsp3) is 0.417. The SMILES string of the molecule is COC(=O)c1cccc(C(=O)N2CCC3(C)c4cccc(O)c4C[C@@H]2C3(C)C)c1. The van der Waals surface area contributed by atoms with E-state index in [1.807, 2.05) is 11.0 Å². The second-order valence-corrected chi connectivity index (χ2v) is 8.90. The number of hydrogen-bond acceptors (Lipinski definition) is 4. The van der Waals surface area contributed by atoms with Gasteiger partial charge in [-0.3, -0.25) is 4.79 Å². The number of methoxy groups -OCH3 is 1. The zero-order chi connectivity index (χ0) is 21.0. The van der Waals surface area contributed by atoms with Crippen molar-refractivity contribution in [2.24, 2.45) is 5.41 Å². The average Bonchev–Trinajstić information content (AvgIpc) is 2.70. The molecule has 152 valence electrons. The maximum absolute atomic E-state index is 13.5. The second-order valence-electron chi connectivity index (χ2n) is 8.90. The van der Waals surface area contributed by atoms with Crippen LogP contribution < -0.4 is 0 Å². The molecule has 0 radical (unpaired) electrons. The fourth-order valence-corrected chi connectivity index (χ4v) is 5.23. The lowest BCUT2D eigenvalue weighted by Gasteiger charge is -2.60. The number of likely N-dealkylation sites (tertiary alicyclic amines) is 1. The van der Waals surface area contributed by atoms with Gasteiger partial charge >= 0.3 is 5.97 Å². The monoisotopic (exact) mass is 393 g/mol. The third-order valence-corrected chi connectivity index (χ3v) is 7.42. The minimum atomic E-state index is -0.456. The number of piperidine rings is 1. The maximum Gasteiger partial charge on any atom is 0.337 e. The number of ether oxygens (including phenoxy) is 1. The lowest BCUT2D eigenvalue weighted by Crippen LogP contribution is -2.64. The molecule has 0 saturated carbocycles. The molecule has 2 bridgehead atoms. The van der Waals surface area contributed by atoms with E-state index in [0.717, 1.165) is 12.0 Å². The smallest absolute Gasteiger partial charge is 0.337 e. The molecule has 1 saturated heterocycles. The van der Waals surface area contributed by atoms with Crippen LogP contribution in [0.2, 0.25) is 0 Å². The van der Waals surface area contributed by atoms with Crippen molar-refractivity contribution in [1.82, 2.24) is 4.90 Å². The maximum atomic E-state index is 13.5. The first-order valence-electron chi connectivity index (χ1n) is 10.0. The summed E-state index contributed by atoms with van der Waals surface area (Å²) in [6, 6.07) is 12.4. The molecule has 2 aromatic carbocycles. The predicted octanol–water partition coefficient (Wildman–Crippen LogP) is 3.93. The first-order chi connectivity index (χ1) is 13.7. The van der Waals surface area contributed by atoms with Crippen LogP contribution in [0.15, 0.2) is 42.5 Å². The van der Waals surface area contributed by atoms with Crippen LogP contribution in [0.1, 0.15) is 59.0 Å². The number of carbonyl (C=O) groups is 2. The molecule has 1 unspecified atom stereocenters. The number of nitrogens with zero attached hydrogens (tertiary/aromatic N) is 1. The van der Waals surface area contributed by atoms with Crippen LogP contribution in [-0.4, -0.2) is 41.6 Å². The molecule has 1 aliphatic carbocycles. The van der Waals surface area contributed by atoms with Crippen LogP contribution >= 0.6 is 0 Å². The molecule has 0 spiro atoms. The highest BCUT2D eigenvalue weighted by Crippen LogP contribution is 2.57. The highest BCUT2D eigenvalue weighted by atomic mass is 16.5. The van der Waals surface area contributed by atoms with E-state index in [-0.39, 0.29) is 22.8 Å². The average molecular weight is 393 g/mol. The highest BCUT2D eigenvalue weighted by Gasteiger charge is 2.57. The second kappa shape index (κ2) is 6.61. The number of hydrogen-bond donors (Lipinski definition) is 1. The summed E-state index contributed by atoms with van der Waals surface area (Å²) in [5, 5.41) is 10.5. The molecule has 1 fully saturated rings. The molecular weight excluding hydrogens is 366 g/mol. The van der Waals surface area contributed by atoms with Crippen molar-refractivity contribution < 1.29 is 19.4 Å². The van der Waals surface area contributed by atoms with E-state index in [4.69, 9.17) is 4.74 Å². The molecule has 1 heterocycles. The summed E-state index contributed by atoms with van der Waals surface area (Å²) in [5.41, 5.74) is 2.69. The van der Waals surface area contributed by atoms with E-state index in [1.54, 1.807) is 30.3 Å². The van der Waals surface area contributed by atoms with Gasteiger partial charge in [-0.2, -0.15) is 0 Å². The van der Waals surface area contributed by atoms with Crippen molar-refractivity contribution in [1.29, 1.82) is 0 Å². The Morgan fingerprint density at radius 1 is 1.10 bits per heavy atom. The van der Waals surface area contributed by atoms with E-state index < -0.39 is 5.97 Å². The minimum absolute atomic E-state index is 0.0451. The van der Waals surface area contributed by atoms with Gasteiger partial charge < -0.3 is 14.7 Å². The first-order valence-corrected chi connectivity index (χ1v) is 10.0. The molecular formula is C24H27NO4. The molecule has 0 aromatic heterocycles. The Balaban J connectivity index is 1.74. The van der Waals surface area contributed by atoms with Crippen molar-refractivity contribution in [3.8, 4) is 5.75 Å². The zero-order valence-corrected chi connectivity index (χ0v) is 17.4. The number of phenolic OH excluding ortho intramolecular Hbond substituents is 1. The standard InChI is InChI=1S/C24H27NO4/c1-23(2)20-14-17-18(9-6-10-19(17)26)24(23,3)11-12-25(20)21(27)15-7-5-8-16(13-15)22(28)29-4/h5-10,13,20,26H,11-12,14H2,1-4H3/t20-,24?/m1/s1. The third-order valence-electron chi connectivity index (χ3n) is 7.42. The fourth-order valence-electron chi connectivity index (χ4n) is 5.23. The number of aromatic hydroxyl groups is 1. The topological polar surface area (TPSA) is 66.8 Å². The van der Waals surface area contributed by atoms with Gasteiger partial charge in [0.25, 0.3) is 5.91 Å². The van der Waals surface area contributed by atoms with Crippen LogP contribution in [0.5, 0.6) is 5.75 Å². The normalized spacial score (nSPS) is 24.6. The number of phenols is 1. The van der Waals surface area contributed by atoms with Gasteiger partial charge in [-0.15, -0.1) is 0 Å². The Morgan fingerprint density at radius 2 is 1.79 bits per heavy atom. The molecule has 5 nitrogen and oxygen atoms in total. The van der Waals surface area contributed by atoms with E-state index in [9.17, 15) is 14.7 Å². The quantitative estimate of drug-likeness (QED) is 0.785. The van der Waals surface area contributed by atoms with Gasteiger partial charge in [-0.1, -0.05) is 39.0 Å². The molecule has 1 aliphatic heterocycles. The van der Waals surface area contributed by atoms with Gasteiger partial charge in [-0.05, 0) is 53.6 Å². The predicted molar refractivity (Wildman–Crippen MR) is 110 cm³/mol. The third kappa shape index (κ3) is 2.75. The molecule has 29 heavy (non-hydrogen) atoms. The number of esters is 1. The summed E-state index contributed by atoms with van der Waals surface area (Å²) in [6.45, 7) is 7.32. The van der Waals surface area contributed by atoms with Crippen LogP contribution in [0.4, 0.5) is 0 Å². The van der Waals surface area contributed by atoms with Crippen LogP contribution in [-0.2, 0) is 16.6 Å². The molecule has 2 aliphatic rings. The summed E-state index contributed by atoms with van der Waals surface area (Å²) in [6.07, 6.45) is 1.43. The summed E-state index contributed by atoms with van der Waals surface area (Å²) in [4.78, 5) is 27.3. The van der Waals surface area contributed by atoms with Crippen molar-refractivity contribution in [2.45, 2.75) is 45.1 Å².